The molecule has 0 spiro atoms. The van der Waals surface area contributed by atoms with Crippen LogP contribution in [0, 0.1) is 31.5 Å². The molecule has 364 valence electrons. The second kappa shape index (κ2) is 20.0. The molecule has 71 heavy (non-hydrogen) atoms. The van der Waals surface area contributed by atoms with Crippen molar-refractivity contribution < 1.29 is 30.2 Å². The van der Waals surface area contributed by atoms with Crippen molar-refractivity contribution >= 4 is 44.6 Å². The van der Waals surface area contributed by atoms with Crippen molar-refractivity contribution in [1.29, 1.82) is 0 Å². The Balaban J connectivity index is 0.00000624. The molecule has 0 N–H and O–H groups in total. The maximum Gasteiger partial charge on any atom is 0.135 e. The molecule has 0 saturated heterocycles. The number of benzene rings is 7. The van der Waals surface area contributed by atoms with E-state index in [4.69, 9.17) is 9.72 Å². The minimum Gasteiger partial charge on any atom is -0.509 e. The summed E-state index contributed by atoms with van der Waals surface area (Å²) in [6.45, 7) is 27.2. The number of aryl methyl sites for hydroxylation is 1. The van der Waals surface area contributed by atoms with Crippen molar-refractivity contribution in [3.8, 4) is 39.6 Å². The molecule has 0 bridgehead atoms. The molecule has 2 aromatic heterocycles. The van der Waals surface area contributed by atoms with Crippen LogP contribution >= 0.6 is 0 Å². The molecule has 7 heteroatoms. The van der Waals surface area contributed by atoms with Crippen LogP contribution in [0.5, 0.6) is 11.5 Å². The number of rotatable bonds is 12. The molecule has 0 saturated carbocycles. The van der Waals surface area contributed by atoms with Crippen molar-refractivity contribution in [3.05, 3.63) is 198 Å². The van der Waals surface area contributed by atoms with Gasteiger partial charge in [-0.05, 0) is 147 Å². The number of halogens is 1. The number of pyridine rings is 1. The molecule has 0 unspecified atom stereocenters. The number of anilines is 4. The Hall–Kier alpha value is -6.49. The van der Waals surface area contributed by atoms with Crippen LogP contribution in [-0.2, 0) is 21.1 Å². The standard InChI is InChI=1S/C64H62FN4O.Pt/c1-38(2)45-31-54(39(3)4)63(55(32-45)40(5)6)47-29-49(35-51(30-47)70-50-24-25-53-52-16-12-13-17-58(52)69(60(53)36-50)62-18-14-15-27-66-62)67-37-68(61-28-43(11)19-26-59(61)67)64-56(41(7)8)33-46(34-57(64)42(9)10)44-20-22-48(65)23-21-44;/h12-34,37-42H,1-11H3;/q-3;. The zero-order chi connectivity index (χ0) is 49.1. The third-order valence-electron chi connectivity index (χ3n) is 13.9. The fraction of sp³-hybridized carbons (Fsp3) is 0.250. The molecular formula is C64H62FN4OPt-3. The SMILES string of the molecule is Cc1ccc2c(c1)N(c1c(C(C)C)cc(-c3ccc(F)cc3)cc1C(C)C)[CH-]N2c1[c-]c(Oc2[c-]c3c(cc2)c2ccccc2n3-c2ccccn2)cc(-c2c(C(C)C)cc(C(C)C)cc2C(C)C)c1.[Pt]. The Bertz CT molecular complexity index is 3350. The predicted octanol–water partition coefficient (Wildman–Crippen LogP) is 18.4. The van der Waals surface area contributed by atoms with Crippen LogP contribution in [0.3, 0.4) is 0 Å². The van der Waals surface area contributed by atoms with Gasteiger partial charge in [0, 0.05) is 61.3 Å². The van der Waals surface area contributed by atoms with E-state index in [2.05, 4.69) is 194 Å². The van der Waals surface area contributed by atoms with Gasteiger partial charge < -0.3 is 19.1 Å². The molecule has 7 aromatic carbocycles. The summed E-state index contributed by atoms with van der Waals surface area (Å²) in [5.41, 5.74) is 18.1. The minimum atomic E-state index is -0.237. The first-order chi connectivity index (χ1) is 33.6. The van der Waals surface area contributed by atoms with E-state index >= 15 is 0 Å². The molecule has 0 radical (unpaired) electrons. The zero-order valence-electron chi connectivity index (χ0n) is 42.6. The first-order valence-electron chi connectivity index (χ1n) is 24.9. The van der Waals surface area contributed by atoms with Gasteiger partial charge in [-0.15, -0.1) is 53.6 Å². The second-order valence-corrected chi connectivity index (χ2v) is 20.6. The summed E-state index contributed by atoms with van der Waals surface area (Å²) in [5.74, 6) is 3.08. The zero-order valence-corrected chi connectivity index (χ0v) is 44.9. The van der Waals surface area contributed by atoms with Crippen molar-refractivity contribution in [2.75, 3.05) is 9.80 Å². The van der Waals surface area contributed by atoms with Crippen LogP contribution in [0.4, 0.5) is 27.1 Å². The van der Waals surface area contributed by atoms with E-state index in [1.807, 2.05) is 42.6 Å². The predicted molar refractivity (Wildman–Crippen MR) is 290 cm³/mol. The number of nitrogens with zero attached hydrogens (tertiary/aromatic N) is 4. The fourth-order valence-electron chi connectivity index (χ4n) is 10.2. The van der Waals surface area contributed by atoms with E-state index in [9.17, 15) is 4.39 Å². The molecule has 3 heterocycles. The first-order valence-corrected chi connectivity index (χ1v) is 24.9. The van der Waals surface area contributed by atoms with Gasteiger partial charge in [-0.25, -0.2) is 9.37 Å². The monoisotopic (exact) mass is 1120 g/mol. The maximum atomic E-state index is 14.2. The van der Waals surface area contributed by atoms with Crippen LogP contribution in [0.15, 0.2) is 140 Å². The summed E-state index contributed by atoms with van der Waals surface area (Å²) in [6.07, 6.45) is 1.83. The summed E-state index contributed by atoms with van der Waals surface area (Å²) in [5, 5.41) is 2.20. The van der Waals surface area contributed by atoms with E-state index < -0.39 is 0 Å². The average Bonchev–Trinajstić information content (AvgIpc) is 3.88. The maximum absolute atomic E-state index is 14.2. The average molecular weight is 1120 g/mol. The quantitative estimate of drug-likeness (QED) is 0.114. The number of para-hydroxylation sites is 1. The van der Waals surface area contributed by atoms with E-state index in [0.717, 1.165) is 67.1 Å². The molecule has 5 nitrogen and oxygen atoms in total. The Morgan fingerprint density at radius 2 is 1.21 bits per heavy atom. The molecular weight excluding hydrogens is 1050 g/mol. The van der Waals surface area contributed by atoms with E-state index in [1.165, 1.54) is 38.9 Å². The molecule has 0 fully saturated rings. The van der Waals surface area contributed by atoms with Crippen LogP contribution < -0.4 is 14.5 Å². The number of fused-ring (bicyclic) bond motifs is 4. The topological polar surface area (TPSA) is 33.5 Å². The molecule has 0 amide bonds. The summed E-state index contributed by atoms with van der Waals surface area (Å²) < 4.78 is 23.4. The Morgan fingerprint density at radius 1 is 0.549 bits per heavy atom. The largest absolute Gasteiger partial charge is 0.509 e. The van der Waals surface area contributed by atoms with Crippen LogP contribution in [0.25, 0.3) is 49.9 Å². The molecule has 10 rings (SSSR count). The van der Waals surface area contributed by atoms with Crippen LogP contribution in [-0.4, -0.2) is 9.55 Å². The fourth-order valence-corrected chi connectivity index (χ4v) is 10.2. The minimum absolute atomic E-state index is 0. The van der Waals surface area contributed by atoms with Gasteiger partial charge in [0.25, 0.3) is 0 Å². The van der Waals surface area contributed by atoms with Gasteiger partial charge in [0.15, 0.2) is 0 Å². The molecule has 1 aliphatic rings. The third kappa shape index (κ3) is 9.33. The summed E-state index contributed by atoms with van der Waals surface area (Å²) in [4.78, 5) is 9.44. The molecule has 1 aliphatic heterocycles. The Kier molecular flexibility index (Phi) is 13.9. The number of hydrogen-bond donors (Lipinski definition) is 0. The number of ether oxygens (including phenoxy) is 1. The molecule has 9 aromatic rings. The molecule has 0 atom stereocenters. The van der Waals surface area contributed by atoms with E-state index in [0.29, 0.717) is 17.4 Å². The van der Waals surface area contributed by atoms with Gasteiger partial charge in [-0.3, -0.25) is 0 Å². The first kappa shape index (κ1) is 49.5. The van der Waals surface area contributed by atoms with E-state index in [1.54, 1.807) is 12.1 Å². The van der Waals surface area contributed by atoms with Crippen molar-refractivity contribution in [2.24, 2.45) is 0 Å². The summed E-state index contributed by atoms with van der Waals surface area (Å²) in [7, 11) is 0. The van der Waals surface area contributed by atoms with Gasteiger partial charge in [-0.1, -0.05) is 129 Å². The van der Waals surface area contributed by atoms with Crippen molar-refractivity contribution in [3.63, 3.8) is 0 Å². The van der Waals surface area contributed by atoms with Crippen LogP contribution in [0.2, 0.25) is 0 Å². The van der Waals surface area contributed by atoms with Gasteiger partial charge in [0.05, 0.1) is 0 Å². The number of hydrogen-bond acceptors (Lipinski definition) is 4. The van der Waals surface area contributed by atoms with E-state index in [-0.39, 0.29) is 50.6 Å². The smallest absolute Gasteiger partial charge is 0.135 e. The van der Waals surface area contributed by atoms with Crippen molar-refractivity contribution in [1.82, 2.24) is 9.55 Å². The summed E-state index contributed by atoms with van der Waals surface area (Å²) >= 11 is 0. The van der Waals surface area contributed by atoms with Gasteiger partial charge >= 0.3 is 0 Å². The third-order valence-corrected chi connectivity index (χ3v) is 13.9. The Labute approximate surface area is 434 Å². The van der Waals surface area contributed by atoms with Crippen LogP contribution in [0.1, 0.15) is 132 Å². The van der Waals surface area contributed by atoms with Gasteiger partial charge in [-0.2, -0.15) is 6.07 Å². The van der Waals surface area contributed by atoms with Gasteiger partial charge in [0.1, 0.15) is 11.6 Å². The molecule has 0 aliphatic carbocycles. The number of aromatic nitrogens is 2. The second-order valence-electron chi connectivity index (χ2n) is 20.6. The van der Waals surface area contributed by atoms with Crippen molar-refractivity contribution in [2.45, 2.75) is 106 Å². The normalized spacial score (nSPS) is 12.6. The van der Waals surface area contributed by atoms with Gasteiger partial charge in [0.2, 0.25) is 0 Å². The Morgan fingerprint density at radius 3 is 1.85 bits per heavy atom. The summed E-state index contributed by atoms with van der Waals surface area (Å²) in [6, 6.07) is 53.6.